The van der Waals surface area contributed by atoms with E-state index >= 15 is 0 Å². The molecule has 0 saturated carbocycles. The average molecular weight is 298 g/mol. The maximum Gasteiger partial charge on any atom is 0.224 e. The quantitative estimate of drug-likeness (QED) is 0.870. The van der Waals surface area contributed by atoms with Gasteiger partial charge in [0.2, 0.25) is 5.91 Å². The van der Waals surface area contributed by atoms with Gasteiger partial charge in [0.05, 0.1) is 6.61 Å². The molecule has 4 nitrogen and oxygen atoms in total. The minimum Gasteiger partial charge on any atom is -0.490 e. The molecule has 90 valence electrons. The number of epoxide rings is 1. The summed E-state index contributed by atoms with van der Waals surface area (Å²) in [6, 6.07) is 3.85. The van der Waals surface area contributed by atoms with Crippen LogP contribution in [0.25, 0.3) is 0 Å². The van der Waals surface area contributed by atoms with Crippen LogP contribution in [-0.4, -0.2) is 25.2 Å². The van der Waals surface area contributed by atoms with Gasteiger partial charge in [0.15, 0.2) is 0 Å². The number of anilines is 1. The Kier molecular flexibility index (Phi) is 2.80. The number of carbonyl (C=O) groups excluding carboxylic acids is 1. The fraction of sp³-hybridized carbons (Fsp3) is 0.417. The lowest BCUT2D eigenvalue weighted by molar-refractivity contribution is -0.116. The highest BCUT2D eigenvalue weighted by molar-refractivity contribution is 9.10. The third-order valence-corrected chi connectivity index (χ3v) is 3.33. The number of halogens is 1. The van der Waals surface area contributed by atoms with Gasteiger partial charge in [-0.25, -0.2) is 0 Å². The molecule has 0 aromatic heterocycles. The second-order valence-corrected chi connectivity index (χ2v) is 5.16. The summed E-state index contributed by atoms with van der Waals surface area (Å²) in [6.45, 7) is 1.36. The second kappa shape index (κ2) is 4.31. The van der Waals surface area contributed by atoms with Gasteiger partial charge in [-0.15, -0.1) is 0 Å². The number of carbonyl (C=O) groups is 1. The number of amides is 1. The summed E-state index contributed by atoms with van der Waals surface area (Å²) in [7, 11) is 0. The van der Waals surface area contributed by atoms with Gasteiger partial charge < -0.3 is 14.8 Å². The maximum absolute atomic E-state index is 11.3. The summed E-state index contributed by atoms with van der Waals surface area (Å²) in [5.41, 5.74) is 1.93. The van der Waals surface area contributed by atoms with E-state index in [-0.39, 0.29) is 12.0 Å². The van der Waals surface area contributed by atoms with Crippen molar-refractivity contribution in [2.75, 3.05) is 18.5 Å². The van der Waals surface area contributed by atoms with Crippen LogP contribution < -0.4 is 10.1 Å². The summed E-state index contributed by atoms with van der Waals surface area (Å²) >= 11 is 3.42. The molecular weight excluding hydrogens is 286 g/mol. The predicted molar refractivity (Wildman–Crippen MR) is 66.3 cm³/mol. The van der Waals surface area contributed by atoms with Crippen LogP contribution in [0.3, 0.4) is 0 Å². The SMILES string of the molecule is O=C1CCc2c(cc(Br)cc2OCC2CO2)N1. The zero-order valence-electron chi connectivity index (χ0n) is 9.16. The Morgan fingerprint density at radius 3 is 3.06 bits per heavy atom. The molecular formula is C12H12BrNO3. The predicted octanol–water partition coefficient (Wildman–Crippen LogP) is 2.11. The number of benzene rings is 1. The average Bonchev–Trinajstić information content (AvgIpc) is 3.08. The highest BCUT2D eigenvalue weighted by atomic mass is 79.9. The van der Waals surface area contributed by atoms with Gasteiger partial charge in [-0.3, -0.25) is 4.79 Å². The first-order valence-electron chi connectivity index (χ1n) is 5.59. The molecule has 0 bridgehead atoms. The maximum atomic E-state index is 11.3. The van der Waals surface area contributed by atoms with Crippen LogP contribution in [0.5, 0.6) is 5.75 Å². The van der Waals surface area contributed by atoms with Crippen molar-refractivity contribution in [1.29, 1.82) is 0 Å². The van der Waals surface area contributed by atoms with Crippen LogP contribution in [0.2, 0.25) is 0 Å². The van der Waals surface area contributed by atoms with Gasteiger partial charge >= 0.3 is 0 Å². The smallest absolute Gasteiger partial charge is 0.224 e. The molecule has 1 saturated heterocycles. The highest BCUT2D eigenvalue weighted by Crippen LogP contribution is 2.35. The van der Waals surface area contributed by atoms with E-state index in [9.17, 15) is 4.79 Å². The number of rotatable bonds is 3. The van der Waals surface area contributed by atoms with Gasteiger partial charge in [-0.1, -0.05) is 15.9 Å². The molecule has 3 rings (SSSR count). The number of hydrogen-bond donors (Lipinski definition) is 1. The first-order chi connectivity index (χ1) is 8.22. The van der Waals surface area contributed by atoms with Crippen LogP contribution in [0.4, 0.5) is 5.69 Å². The van der Waals surface area contributed by atoms with Gasteiger partial charge in [-0.2, -0.15) is 0 Å². The van der Waals surface area contributed by atoms with Crippen molar-refractivity contribution in [2.24, 2.45) is 0 Å². The molecule has 1 fully saturated rings. The van der Waals surface area contributed by atoms with Crippen LogP contribution in [0.1, 0.15) is 12.0 Å². The van der Waals surface area contributed by atoms with E-state index in [0.29, 0.717) is 13.0 Å². The standard InChI is InChI=1S/C12H12BrNO3/c13-7-3-10-9(1-2-12(15)14-10)11(4-7)17-6-8-5-16-8/h3-4,8H,1-2,5-6H2,(H,14,15). The Morgan fingerprint density at radius 2 is 2.29 bits per heavy atom. The molecule has 2 aliphatic heterocycles. The summed E-state index contributed by atoms with van der Waals surface area (Å²) in [5.74, 6) is 0.900. The van der Waals surface area contributed by atoms with Crippen molar-refractivity contribution < 1.29 is 14.3 Å². The number of fused-ring (bicyclic) bond motifs is 1. The molecule has 1 N–H and O–H groups in total. The summed E-state index contributed by atoms with van der Waals surface area (Å²) in [6.07, 6.45) is 1.49. The third kappa shape index (κ3) is 2.45. The molecule has 0 spiro atoms. The van der Waals surface area contributed by atoms with Crippen LogP contribution >= 0.6 is 15.9 Å². The van der Waals surface area contributed by atoms with E-state index in [1.165, 1.54) is 0 Å². The van der Waals surface area contributed by atoms with Crippen molar-refractivity contribution in [2.45, 2.75) is 18.9 Å². The Balaban J connectivity index is 1.87. The molecule has 5 heteroatoms. The lowest BCUT2D eigenvalue weighted by Crippen LogP contribution is -2.20. The minimum absolute atomic E-state index is 0.0621. The molecule has 0 aliphatic carbocycles. The van der Waals surface area contributed by atoms with E-state index in [1.807, 2.05) is 12.1 Å². The number of nitrogens with one attached hydrogen (secondary N) is 1. The number of hydrogen-bond acceptors (Lipinski definition) is 3. The first-order valence-corrected chi connectivity index (χ1v) is 6.38. The van der Waals surface area contributed by atoms with E-state index in [2.05, 4.69) is 21.2 Å². The largest absolute Gasteiger partial charge is 0.490 e. The van der Waals surface area contributed by atoms with E-state index < -0.39 is 0 Å². The second-order valence-electron chi connectivity index (χ2n) is 4.24. The normalized spacial score (nSPS) is 21.7. The molecule has 0 radical (unpaired) electrons. The lowest BCUT2D eigenvalue weighted by Gasteiger charge is -2.20. The fourth-order valence-electron chi connectivity index (χ4n) is 1.91. The van der Waals surface area contributed by atoms with Gasteiger partial charge in [0, 0.05) is 22.1 Å². The summed E-state index contributed by atoms with van der Waals surface area (Å²) < 4.78 is 11.8. The highest BCUT2D eigenvalue weighted by Gasteiger charge is 2.25. The molecule has 1 atom stereocenters. The van der Waals surface area contributed by atoms with Crippen molar-refractivity contribution in [3.05, 3.63) is 22.2 Å². The van der Waals surface area contributed by atoms with Crippen molar-refractivity contribution in [3.8, 4) is 5.75 Å². The summed E-state index contributed by atoms with van der Waals surface area (Å²) in [4.78, 5) is 11.3. The zero-order valence-corrected chi connectivity index (χ0v) is 10.7. The topological polar surface area (TPSA) is 50.9 Å². The number of ether oxygens (including phenoxy) is 2. The summed E-state index contributed by atoms with van der Waals surface area (Å²) in [5, 5.41) is 2.86. The molecule has 1 amide bonds. The van der Waals surface area contributed by atoms with E-state index in [0.717, 1.165) is 34.5 Å². The van der Waals surface area contributed by atoms with Crippen LogP contribution in [0, 0.1) is 0 Å². The zero-order chi connectivity index (χ0) is 11.8. The van der Waals surface area contributed by atoms with Crippen molar-refractivity contribution in [1.82, 2.24) is 0 Å². The Hall–Kier alpha value is -1.07. The minimum atomic E-state index is 0.0621. The van der Waals surface area contributed by atoms with E-state index in [4.69, 9.17) is 9.47 Å². The van der Waals surface area contributed by atoms with Crippen molar-refractivity contribution >= 4 is 27.5 Å². The molecule has 17 heavy (non-hydrogen) atoms. The van der Waals surface area contributed by atoms with Crippen LogP contribution in [0.15, 0.2) is 16.6 Å². The van der Waals surface area contributed by atoms with Gasteiger partial charge in [0.1, 0.15) is 18.5 Å². The van der Waals surface area contributed by atoms with Gasteiger partial charge in [-0.05, 0) is 18.6 Å². The molecule has 1 aromatic rings. The Labute approximate surface area is 107 Å². The van der Waals surface area contributed by atoms with Crippen molar-refractivity contribution in [3.63, 3.8) is 0 Å². The van der Waals surface area contributed by atoms with Gasteiger partial charge in [0.25, 0.3) is 0 Å². The van der Waals surface area contributed by atoms with Crippen LogP contribution in [-0.2, 0) is 16.0 Å². The molecule has 2 heterocycles. The Bertz CT molecular complexity index is 471. The fourth-order valence-corrected chi connectivity index (χ4v) is 2.34. The first kappa shape index (κ1) is 11.0. The molecule has 1 aromatic carbocycles. The Morgan fingerprint density at radius 1 is 1.47 bits per heavy atom. The molecule has 1 unspecified atom stereocenters. The monoisotopic (exact) mass is 297 g/mol. The lowest BCUT2D eigenvalue weighted by atomic mass is 10.0. The third-order valence-electron chi connectivity index (χ3n) is 2.88. The van der Waals surface area contributed by atoms with E-state index in [1.54, 1.807) is 0 Å². The molecule has 2 aliphatic rings.